The van der Waals surface area contributed by atoms with Crippen LogP contribution in [0.3, 0.4) is 0 Å². The third-order valence-electron chi connectivity index (χ3n) is 5.86. The average Bonchev–Trinajstić information content (AvgIpc) is 3.29. The number of nitrogens with zero attached hydrogens (tertiary/aromatic N) is 3. The van der Waals surface area contributed by atoms with E-state index in [2.05, 4.69) is 39.7 Å². The quantitative estimate of drug-likeness (QED) is 0.766. The molecular formula is C19H26N6O2. The van der Waals surface area contributed by atoms with Crippen molar-refractivity contribution in [2.45, 2.75) is 32.4 Å². The van der Waals surface area contributed by atoms with Crippen LogP contribution in [-0.2, 0) is 0 Å². The first kappa shape index (κ1) is 17.8. The van der Waals surface area contributed by atoms with Crippen molar-refractivity contribution in [2.24, 2.45) is 5.92 Å². The van der Waals surface area contributed by atoms with Crippen molar-refractivity contribution in [3.05, 3.63) is 23.9 Å². The number of likely N-dealkylation sites (tertiary alicyclic amines) is 2. The minimum absolute atomic E-state index is 0.0405. The molecule has 8 nitrogen and oxygen atoms in total. The zero-order valence-corrected chi connectivity index (χ0v) is 16.0. The lowest BCUT2D eigenvalue weighted by atomic mass is 10.0. The van der Waals surface area contributed by atoms with Crippen molar-refractivity contribution in [2.75, 3.05) is 32.0 Å². The summed E-state index contributed by atoms with van der Waals surface area (Å²) in [5.74, 6) is 0.435. The molecule has 3 heterocycles. The predicted octanol–water partition coefficient (Wildman–Crippen LogP) is 1.87. The molecule has 8 heteroatoms. The number of anilines is 1. The molecule has 2 aliphatic heterocycles. The van der Waals surface area contributed by atoms with Gasteiger partial charge in [-0.15, -0.1) is 0 Å². The number of hydrogen-bond acceptors (Lipinski definition) is 4. The topological polar surface area (TPSA) is 93.4 Å². The number of aromatic amines is 1. The molecule has 2 aromatic rings. The van der Waals surface area contributed by atoms with Crippen molar-refractivity contribution in [1.29, 1.82) is 0 Å². The second kappa shape index (κ2) is 6.84. The van der Waals surface area contributed by atoms with Crippen molar-refractivity contribution in [3.63, 3.8) is 0 Å². The number of likely N-dealkylation sites (N-methyl/N-ethyl adjacent to an activating group) is 1. The minimum atomic E-state index is -0.249. The molecule has 0 aliphatic carbocycles. The number of fused-ring (bicyclic) bond motifs is 3. The summed E-state index contributed by atoms with van der Waals surface area (Å²) in [7, 11) is 2.12. The van der Waals surface area contributed by atoms with Gasteiger partial charge in [0.2, 0.25) is 0 Å². The molecule has 1 aromatic carbocycles. The fourth-order valence-electron chi connectivity index (χ4n) is 4.32. The van der Waals surface area contributed by atoms with Gasteiger partial charge in [-0.1, -0.05) is 13.8 Å². The van der Waals surface area contributed by atoms with Crippen LogP contribution in [-0.4, -0.2) is 70.7 Å². The van der Waals surface area contributed by atoms with Gasteiger partial charge in [0.1, 0.15) is 0 Å². The highest BCUT2D eigenvalue weighted by atomic mass is 16.2. The summed E-state index contributed by atoms with van der Waals surface area (Å²) >= 11 is 0. The summed E-state index contributed by atoms with van der Waals surface area (Å²) in [5.41, 5.74) is 1.85. The van der Waals surface area contributed by atoms with Crippen LogP contribution >= 0.6 is 0 Å². The Bertz CT molecular complexity index is 878. The summed E-state index contributed by atoms with van der Waals surface area (Å²) < 4.78 is 0. The summed E-state index contributed by atoms with van der Waals surface area (Å²) in [5, 5.41) is 13.5. The van der Waals surface area contributed by atoms with E-state index in [-0.39, 0.29) is 18.0 Å². The number of nitrogens with one attached hydrogen (secondary N) is 3. The highest BCUT2D eigenvalue weighted by molar-refractivity contribution is 6.06. The van der Waals surface area contributed by atoms with Crippen molar-refractivity contribution in [3.8, 4) is 0 Å². The van der Waals surface area contributed by atoms with E-state index in [0.29, 0.717) is 29.9 Å². The molecule has 1 unspecified atom stereocenters. The Labute approximate surface area is 158 Å². The number of piperazine rings is 1. The standard InChI is InChI=1S/C19H26N6O2/c1-4-7-20-19(27)21-12-5-6-14-13(8-12)17(23-22-14)18(26)25-10-15-11(2)16(25)9-24(15)3/h5-6,8,11,15-16H,4,7,9-10H2,1-3H3,(H,22,23)(H2,20,21,27)/t11-,15+,16?/m0/s1. The number of aromatic nitrogens is 2. The molecule has 2 bridgehead atoms. The van der Waals surface area contributed by atoms with E-state index in [9.17, 15) is 9.59 Å². The van der Waals surface area contributed by atoms with Crippen LogP contribution in [0.2, 0.25) is 0 Å². The number of urea groups is 1. The van der Waals surface area contributed by atoms with E-state index in [0.717, 1.165) is 30.4 Å². The van der Waals surface area contributed by atoms with Crippen LogP contribution in [0, 0.1) is 5.92 Å². The van der Waals surface area contributed by atoms with Gasteiger partial charge >= 0.3 is 6.03 Å². The maximum Gasteiger partial charge on any atom is 0.319 e. The van der Waals surface area contributed by atoms with Crippen molar-refractivity contribution in [1.82, 2.24) is 25.3 Å². The first-order valence-electron chi connectivity index (χ1n) is 9.53. The number of benzene rings is 1. The first-order valence-corrected chi connectivity index (χ1v) is 9.53. The van der Waals surface area contributed by atoms with Crippen LogP contribution in [0.5, 0.6) is 0 Å². The predicted molar refractivity (Wildman–Crippen MR) is 104 cm³/mol. The third-order valence-corrected chi connectivity index (χ3v) is 5.86. The number of hydrogen-bond donors (Lipinski definition) is 3. The molecule has 0 saturated carbocycles. The van der Waals surface area contributed by atoms with Crippen LogP contribution in [0.1, 0.15) is 30.8 Å². The lowest BCUT2D eigenvalue weighted by Crippen LogP contribution is -2.47. The number of carbonyl (C=O) groups is 2. The zero-order chi connectivity index (χ0) is 19.1. The lowest BCUT2D eigenvalue weighted by Gasteiger charge is -2.31. The highest BCUT2D eigenvalue weighted by Gasteiger charge is 2.49. The molecule has 2 saturated heterocycles. The molecule has 2 fully saturated rings. The Balaban J connectivity index is 1.56. The van der Waals surface area contributed by atoms with E-state index in [4.69, 9.17) is 0 Å². The molecule has 2 aliphatic rings. The van der Waals surface area contributed by atoms with Crippen LogP contribution in [0.15, 0.2) is 18.2 Å². The number of H-pyrrole nitrogens is 1. The van der Waals surface area contributed by atoms with E-state index >= 15 is 0 Å². The third kappa shape index (κ3) is 3.03. The van der Waals surface area contributed by atoms with Gasteiger partial charge in [0.15, 0.2) is 5.69 Å². The van der Waals surface area contributed by atoms with Gasteiger partial charge in [-0.05, 0) is 37.6 Å². The maximum absolute atomic E-state index is 13.2. The smallest absolute Gasteiger partial charge is 0.319 e. The van der Waals surface area contributed by atoms with Gasteiger partial charge < -0.3 is 15.5 Å². The first-order chi connectivity index (χ1) is 13.0. The fourth-order valence-corrected chi connectivity index (χ4v) is 4.32. The van der Waals surface area contributed by atoms with Gasteiger partial charge in [0.05, 0.1) is 5.52 Å². The Kier molecular flexibility index (Phi) is 4.51. The zero-order valence-electron chi connectivity index (χ0n) is 16.0. The average molecular weight is 370 g/mol. The van der Waals surface area contributed by atoms with Gasteiger partial charge in [0, 0.05) is 42.8 Å². The van der Waals surface area contributed by atoms with Crippen LogP contribution in [0.4, 0.5) is 10.5 Å². The molecular weight excluding hydrogens is 344 g/mol. The van der Waals surface area contributed by atoms with Gasteiger partial charge in [-0.3, -0.25) is 14.8 Å². The molecule has 4 rings (SSSR count). The molecule has 3 N–H and O–H groups in total. The molecule has 0 radical (unpaired) electrons. The van der Waals surface area contributed by atoms with Gasteiger partial charge in [-0.25, -0.2) is 4.79 Å². The molecule has 1 aromatic heterocycles. The van der Waals surface area contributed by atoms with E-state index in [1.54, 1.807) is 6.07 Å². The van der Waals surface area contributed by atoms with E-state index in [1.807, 2.05) is 24.0 Å². The minimum Gasteiger partial charge on any atom is -0.338 e. The molecule has 27 heavy (non-hydrogen) atoms. The Morgan fingerprint density at radius 3 is 2.78 bits per heavy atom. The Morgan fingerprint density at radius 1 is 1.30 bits per heavy atom. The number of rotatable bonds is 4. The summed E-state index contributed by atoms with van der Waals surface area (Å²) in [4.78, 5) is 29.4. The van der Waals surface area contributed by atoms with Crippen molar-refractivity contribution >= 4 is 28.5 Å². The Morgan fingerprint density at radius 2 is 2.11 bits per heavy atom. The largest absolute Gasteiger partial charge is 0.338 e. The molecule has 144 valence electrons. The second-order valence-electron chi connectivity index (χ2n) is 7.60. The Hall–Kier alpha value is -2.61. The molecule has 3 amide bonds. The van der Waals surface area contributed by atoms with Gasteiger partial charge in [0.25, 0.3) is 5.91 Å². The number of carbonyl (C=O) groups excluding carboxylic acids is 2. The molecule has 3 atom stereocenters. The summed E-state index contributed by atoms with van der Waals surface area (Å²) in [6.07, 6.45) is 0.873. The number of amides is 3. The summed E-state index contributed by atoms with van der Waals surface area (Å²) in [6.45, 7) is 6.48. The lowest BCUT2D eigenvalue weighted by molar-refractivity contribution is 0.0643. The molecule has 0 spiro atoms. The maximum atomic E-state index is 13.2. The van der Waals surface area contributed by atoms with Gasteiger partial charge in [-0.2, -0.15) is 5.10 Å². The van der Waals surface area contributed by atoms with Crippen LogP contribution in [0.25, 0.3) is 10.9 Å². The SMILES string of the molecule is CCCNC(=O)Nc1ccc2[nH]nc(C(=O)N3C[C@@H]4[C@H](C)C3CN4C)c2c1. The van der Waals surface area contributed by atoms with Crippen molar-refractivity contribution < 1.29 is 9.59 Å². The van der Waals surface area contributed by atoms with Crippen LogP contribution < -0.4 is 10.6 Å². The normalized spacial score (nSPS) is 24.6. The monoisotopic (exact) mass is 370 g/mol. The summed E-state index contributed by atoms with van der Waals surface area (Å²) in [6, 6.07) is 5.85. The second-order valence-corrected chi connectivity index (χ2v) is 7.60. The van der Waals surface area contributed by atoms with E-state index in [1.165, 1.54) is 0 Å². The fraction of sp³-hybridized carbons (Fsp3) is 0.526. The highest BCUT2D eigenvalue weighted by Crippen LogP contribution is 2.36. The van der Waals surface area contributed by atoms with E-state index < -0.39 is 0 Å².